The van der Waals surface area contributed by atoms with E-state index in [0.29, 0.717) is 37.3 Å². The van der Waals surface area contributed by atoms with Crippen molar-refractivity contribution >= 4 is 15.7 Å². The first-order valence-corrected chi connectivity index (χ1v) is 9.77. The van der Waals surface area contributed by atoms with Gasteiger partial charge in [-0.3, -0.25) is 10.1 Å². The summed E-state index contributed by atoms with van der Waals surface area (Å²) < 4.78 is 39.1. The molecule has 0 aliphatic carbocycles. The van der Waals surface area contributed by atoms with Gasteiger partial charge in [-0.1, -0.05) is 6.42 Å². The molecule has 1 unspecified atom stereocenters. The number of hydrogen-bond donors (Lipinski definition) is 0. The Bertz CT molecular complexity index is 773. The summed E-state index contributed by atoms with van der Waals surface area (Å²) in [6.07, 6.45) is 1.72. The second-order valence-electron chi connectivity index (χ2n) is 6.43. The molecule has 3 rings (SSSR count). The molecule has 2 aliphatic heterocycles. The third-order valence-corrected chi connectivity index (χ3v) is 6.91. The number of benzene rings is 1. The highest BCUT2D eigenvalue weighted by atomic mass is 32.2. The molecule has 0 spiro atoms. The van der Waals surface area contributed by atoms with Gasteiger partial charge in [0.1, 0.15) is 0 Å². The molecule has 0 aromatic heterocycles. The van der Waals surface area contributed by atoms with Gasteiger partial charge in [0, 0.05) is 18.7 Å². The predicted molar refractivity (Wildman–Crippen MR) is 89.8 cm³/mol. The smallest absolute Gasteiger partial charge is 0.271 e. The van der Waals surface area contributed by atoms with Crippen LogP contribution in [0.2, 0.25) is 0 Å². The van der Waals surface area contributed by atoms with Gasteiger partial charge in [-0.05, 0) is 37.8 Å². The summed E-state index contributed by atoms with van der Waals surface area (Å²) in [6.45, 7) is 4.61. The van der Waals surface area contributed by atoms with Crippen molar-refractivity contribution in [1.82, 2.24) is 4.31 Å². The Morgan fingerprint density at radius 1 is 1.20 bits per heavy atom. The summed E-state index contributed by atoms with van der Waals surface area (Å²) in [4.78, 5) is 10.6. The van der Waals surface area contributed by atoms with E-state index in [-0.39, 0.29) is 10.6 Å². The van der Waals surface area contributed by atoms with Gasteiger partial charge in [0.25, 0.3) is 5.69 Å². The molecule has 1 atom stereocenters. The Hall–Kier alpha value is -1.55. The van der Waals surface area contributed by atoms with E-state index >= 15 is 0 Å². The number of nitrogens with zero attached hydrogens (tertiary/aromatic N) is 2. The number of ether oxygens (including phenoxy) is 2. The average molecular weight is 370 g/mol. The van der Waals surface area contributed by atoms with Crippen molar-refractivity contribution in [3.8, 4) is 0 Å². The molecule has 0 bridgehead atoms. The summed E-state index contributed by atoms with van der Waals surface area (Å²) in [5.41, 5.74) is 0.890. The maximum atomic E-state index is 13.3. The van der Waals surface area contributed by atoms with Crippen LogP contribution in [0.5, 0.6) is 0 Å². The number of aryl methyl sites for hydroxylation is 1. The van der Waals surface area contributed by atoms with Crippen molar-refractivity contribution in [2.45, 2.75) is 50.3 Å². The van der Waals surface area contributed by atoms with E-state index in [2.05, 4.69) is 0 Å². The molecule has 1 aromatic carbocycles. The van der Waals surface area contributed by atoms with E-state index in [1.165, 1.54) is 10.4 Å². The van der Waals surface area contributed by atoms with E-state index in [0.717, 1.165) is 18.9 Å². The van der Waals surface area contributed by atoms with E-state index in [1.807, 2.05) is 0 Å². The second-order valence-corrected chi connectivity index (χ2v) is 8.29. The number of sulfonamides is 1. The molecule has 0 radical (unpaired) electrons. The van der Waals surface area contributed by atoms with Gasteiger partial charge in [-0.2, -0.15) is 4.31 Å². The first-order chi connectivity index (χ1) is 11.8. The molecule has 8 nitrogen and oxygen atoms in total. The van der Waals surface area contributed by atoms with Crippen LogP contribution in [0.1, 0.15) is 30.4 Å². The largest absolute Gasteiger partial charge is 0.349 e. The monoisotopic (exact) mass is 370 g/mol. The first kappa shape index (κ1) is 18.2. The summed E-state index contributed by atoms with van der Waals surface area (Å²) in [6, 6.07) is 2.14. The lowest BCUT2D eigenvalue weighted by atomic mass is 10.0. The Kier molecular flexibility index (Phi) is 5.10. The van der Waals surface area contributed by atoms with Crippen LogP contribution < -0.4 is 0 Å². The van der Waals surface area contributed by atoms with Crippen LogP contribution in [0.4, 0.5) is 5.69 Å². The molecular weight excluding hydrogens is 348 g/mol. The highest BCUT2D eigenvalue weighted by Gasteiger charge is 2.41. The Labute approximate surface area is 146 Å². The topological polar surface area (TPSA) is 99.0 Å². The molecule has 9 heteroatoms. The minimum Gasteiger partial charge on any atom is -0.349 e. The number of piperidine rings is 1. The van der Waals surface area contributed by atoms with Gasteiger partial charge in [-0.25, -0.2) is 8.42 Å². The zero-order valence-corrected chi connectivity index (χ0v) is 15.1. The quantitative estimate of drug-likeness (QED) is 0.595. The van der Waals surface area contributed by atoms with Crippen LogP contribution >= 0.6 is 0 Å². The number of hydrogen-bond acceptors (Lipinski definition) is 6. The Balaban J connectivity index is 2.03. The molecule has 138 valence electrons. The zero-order valence-electron chi connectivity index (χ0n) is 14.3. The summed E-state index contributed by atoms with van der Waals surface area (Å²) >= 11 is 0. The summed E-state index contributed by atoms with van der Waals surface area (Å²) in [7, 11) is -3.89. The van der Waals surface area contributed by atoms with Crippen LogP contribution in [0.15, 0.2) is 17.0 Å². The molecule has 0 amide bonds. The Morgan fingerprint density at radius 2 is 1.88 bits per heavy atom. The normalized spacial score (nSPS) is 23.0. The maximum Gasteiger partial charge on any atom is 0.271 e. The molecule has 25 heavy (non-hydrogen) atoms. The van der Waals surface area contributed by atoms with Crippen molar-refractivity contribution < 1.29 is 22.8 Å². The van der Waals surface area contributed by atoms with Crippen molar-refractivity contribution in [1.29, 1.82) is 0 Å². The lowest BCUT2D eigenvalue weighted by Gasteiger charge is -2.37. The lowest BCUT2D eigenvalue weighted by Crippen LogP contribution is -2.50. The van der Waals surface area contributed by atoms with E-state index in [1.54, 1.807) is 13.8 Å². The van der Waals surface area contributed by atoms with Crippen LogP contribution in [0, 0.1) is 24.0 Å². The fourth-order valence-corrected chi connectivity index (χ4v) is 5.41. The second kappa shape index (κ2) is 6.99. The third-order valence-electron chi connectivity index (χ3n) is 4.86. The molecule has 0 N–H and O–H groups in total. The van der Waals surface area contributed by atoms with Gasteiger partial charge in [0.05, 0.1) is 29.1 Å². The van der Waals surface area contributed by atoms with E-state index in [4.69, 9.17) is 9.47 Å². The zero-order chi connectivity index (χ0) is 18.2. The number of rotatable bonds is 4. The van der Waals surface area contributed by atoms with E-state index in [9.17, 15) is 18.5 Å². The molecule has 1 aromatic rings. The van der Waals surface area contributed by atoms with Crippen molar-refractivity contribution in [2.75, 3.05) is 19.8 Å². The van der Waals surface area contributed by atoms with Gasteiger partial charge in [0.15, 0.2) is 6.29 Å². The first-order valence-electron chi connectivity index (χ1n) is 8.33. The third kappa shape index (κ3) is 3.41. The minimum atomic E-state index is -3.89. The molecule has 2 heterocycles. The van der Waals surface area contributed by atoms with Gasteiger partial charge < -0.3 is 9.47 Å². The number of nitro groups is 1. The van der Waals surface area contributed by atoms with Crippen molar-refractivity contribution in [3.05, 3.63) is 33.4 Å². The molecule has 2 fully saturated rings. The molecular formula is C16H22N2O6S. The average Bonchev–Trinajstić information content (AvgIpc) is 3.11. The van der Waals surface area contributed by atoms with Gasteiger partial charge in [-0.15, -0.1) is 0 Å². The number of nitro benzene ring substituents is 1. The summed E-state index contributed by atoms with van der Waals surface area (Å²) in [5.74, 6) is 0. The standard InChI is InChI=1S/C16H22N2O6S/c1-11-9-13(18(19)20)10-15(12(11)2)25(21,22)17-6-4-3-5-14(17)16-23-7-8-24-16/h9-10,14,16H,3-8H2,1-2H3. The SMILES string of the molecule is Cc1cc([N+](=O)[O-])cc(S(=O)(=O)N2CCCCC2C2OCCO2)c1C. The fraction of sp³-hybridized carbons (Fsp3) is 0.625. The predicted octanol–water partition coefficient (Wildman–Crippen LogP) is 2.13. The Morgan fingerprint density at radius 3 is 2.52 bits per heavy atom. The van der Waals surface area contributed by atoms with Gasteiger partial charge in [0.2, 0.25) is 10.0 Å². The lowest BCUT2D eigenvalue weighted by molar-refractivity contribution is -0.385. The van der Waals surface area contributed by atoms with E-state index < -0.39 is 27.3 Å². The van der Waals surface area contributed by atoms with Crippen molar-refractivity contribution in [2.24, 2.45) is 0 Å². The van der Waals surface area contributed by atoms with Crippen LogP contribution in [-0.4, -0.2) is 49.7 Å². The van der Waals surface area contributed by atoms with Crippen molar-refractivity contribution in [3.63, 3.8) is 0 Å². The van der Waals surface area contributed by atoms with Crippen LogP contribution in [0.3, 0.4) is 0 Å². The highest BCUT2D eigenvalue weighted by molar-refractivity contribution is 7.89. The maximum absolute atomic E-state index is 13.3. The fourth-order valence-electron chi connectivity index (χ4n) is 3.41. The molecule has 0 saturated carbocycles. The highest BCUT2D eigenvalue weighted by Crippen LogP contribution is 2.33. The summed E-state index contributed by atoms with van der Waals surface area (Å²) in [5, 5.41) is 11.2. The van der Waals surface area contributed by atoms with Gasteiger partial charge >= 0.3 is 0 Å². The molecule has 2 saturated heterocycles. The minimum absolute atomic E-state index is 0.0101. The number of non-ortho nitro benzene ring substituents is 1. The van der Waals surface area contributed by atoms with Crippen LogP contribution in [-0.2, 0) is 19.5 Å². The molecule has 2 aliphatic rings. The van der Waals surface area contributed by atoms with Crippen LogP contribution in [0.25, 0.3) is 0 Å².